The number of ether oxygens (including phenoxy) is 1. The Kier molecular flexibility index (Phi) is 10.8. The molecule has 198 valence electrons. The lowest BCUT2D eigenvalue weighted by Gasteiger charge is -2.33. The summed E-state index contributed by atoms with van der Waals surface area (Å²) in [4.78, 5) is 44.4. The maximum Gasteiger partial charge on any atom is 0.273 e. The van der Waals surface area contributed by atoms with Gasteiger partial charge in [0.15, 0.2) is 0 Å². The lowest BCUT2D eigenvalue weighted by atomic mass is 9.85. The average Bonchev–Trinajstić information content (AvgIpc) is 2.84. The molecule has 2 aromatic carbocycles. The minimum Gasteiger partial charge on any atom is -0.367 e. The third kappa shape index (κ3) is 8.29. The molecule has 0 spiro atoms. The maximum absolute atomic E-state index is 13.7. The Labute approximate surface area is 212 Å². The number of hydrogen-bond acceptors (Lipinski definition) is 6. The summed E-state index contributed by atoms with van der Waals surface area (Å²) in [7, 11) is 0. The number of hydroxylamine groups is 2. The summed E-state index contributed by atoms with van der Waals surface area (Å²) in [6.07, 6.45) is -0.749. The van der Waals surface area contributed by atoms with Crippen molar-refractivity contribution in [2.24, 2.45) is 11.3 Å². The highest BCUT2D eigenvalue weighted by atomic mass is 16.7. The predicted molar refractivity (Wildman–Crippen MR) is 137 cm³/mol. The van der Waals surface area contributed by atoms with Gasteiger partial charge in [0.25, 0.3) is 11.8 Å². The summed E-state index contributed by atoms with van der Waals surface area (Å²) in [5.74, 6) is -2.91. The Hall–Kier alpha value is -3.01. The van der Waals surface area contributed by atoms with Gasteiger partial charge in [-0.1, -0.05) is 70.2 Å². The molecule has 0 aromatic heterocycles. The standard InChI is InChI=1S/C27H39N3O6/c1-7-14-35-22(25(32)29-34)21(16-18-12-13-19-10-8-9-11-20(19)15-18)24(31)28-23(27(4,5)6)26(33)30-36-17(2)3/h8-13,15,17,21-23,34H,7,14,16H2,1-6H3,(H,28,31)(H,29,32)(H,30,33)/t21-,22+,23-/m1/s1. The van der Waals surface area contributed by atoms with Gasteiger partial charge in [-0.15, -0.1) is 0 Å². The Morgan fingerprint density at radius 2 is 1.64 bits per heavy atom. The van der Waals surface area contributed by atoms with E-state index in [-0.39, 0.29) is 19.1 Å². The zero-order valence-electron chi connectivity index (χ0n) is 22.0. The molecule has 9 heteroatoms. The molecule has 0 saturated heterocycles. The van der Waals surface area contributed by atoms with Crippen LogP contribution in [0.15, 0.2) is 42.5 Å². The Morgan fingerprint density at radius 3 is 2.22 bits per heavy atom. The Bertz CT molecular complexity index is 1030. The van der Waals surface area contributed by atoms with E-state index in [4.69, 9.17) is 9.57 Å². The van der Waals surface area contributed by atoms with Crippen LogP contribution in [0.1, 0.15) is 53.5 Å². The van der Waals surface area contributed by atoms with E-state index >= 15 is 0 Å². The minimum atomic E-state index is -1.27. The third-order valence-electron chi connectivity index (χ3n) is 5.65. The van der Waals surface area contributed by atoms with Crippen molar-refractivity contribution in [3.8, 4) is 0 Å². The molecule has 0 aliphatic carbocycles. The third-order valence-corrected chi connectivity index (χ3v) is 5.65. The molecule has 36 heavy (non-hydrogen) atoms. The van der Waals surface area contributed by atoms with Crippen LogP contribution in [0.5, 0.6) is 0 Å². The number of benzene rings is 2. The van der Waals surface area contributed by atoms with Crippen LogP contribution in [0.25, 0.3) is 10.8 Å². The molecule has 0 bridgehead atoms. The molecule has 4 N–H and O–H groups in total. The van der Waals surface area contributed by atoms with E-state index in [1.165, 1.54) is 0 Å². The zero-order valence-corrected chi connectivity index (χ0v) is 22.0. The quantitative estimate of drug-likeness (QED) is 0.261. The molecular formula is C27H39N3O6. The molecule has 0 saturated carbocycles. The molecule has 3 amide bonds. The number of rotatable bonds is 12. The van der Waals surface area contributed by atoms with Crippen LogP contribution in [-0.4, -0.2) is 47.8 Å². The van der Waals surface area contributed by atoms with Crippen LogP contribution < -0.4 is 16.3 Å². The Morgan fingerprint density at radius 1 is 0.972 bits per heavy atom. The molecular weight excluding hydrogens is 462 g/mol. The van der Waals surface area contributed by atoms with Gasteiger partial charge in [-0.3, -0.25) is 24.4 Å². The van der Waals surface area contributed by atoms with Crippen molar-refractivity contribution in [1.82, 2.24) is 16.3 Å². The van der Waals surface area contributed by atoms with E-state index in [9.17, 15) is 19.6 Å². The molecule has 0 unspecified atom stereocenters. The van der Waals surface area contributed by atoms with Crippen molar-refractivity contribution in [2.45, 2.75) is 72.6 Å². The number of fused-ring (bicyclic) bond motifs is 1. The first kappa shape index (κ1) is 29.2. The predicted octanol–water partition coefficient (Wildman–Crippen LogP) is 3.29. The van der Waals surface area contributed by atoms with Crippen molar-refractivity contribution in [2.75, 3.05) is 6.61 Å². The van der Waals surface area contributed by atoms with Crippen molar-refractivity contribution in [1.29, 1.82) is 0 Å². The highest BCUT2D eigenvalue weighted by Gasteiger charge is 2.39. The Balaban J connectivity index is 2.41. The lowest BCUT2D eigenvalue weighted by Crippen LogP contribution is -2.57. The molecule has 2 aromatic rings. The fourth-order valence-electron chi connectivity index (χ4n) is 3.80. The highest BCUT2D eigenvalue weighted by molar-refractivity contribution is 5.93. The van der Waals surface area contributed by atoms with Crippen molar-refractivity contribution in [3.63, 3.8) is 0 Å². The first-order valence-electron chi connectivity index (χ1n) is 12.3. The number of carbonyl (C=O) groups excluding carboxylic acids is 3. The van der Waals surface area contributed by atoms with Crippen LogP contribution >= 0.6 is 0 Å². The van der Waals surface area contributed by atoms with E-state index < -0.39 is 41.2 Å². The van der Waals surface area contributed by atoms with E-state index in [2.05, 4.69) is 10.8 Å². The smallest absolute Gasteiger partial charge is 0.273 e. The minimum absolute atomic E-state index is 0.152. The average molecular weight is 502 g/mol. The fraction of sp³-hybridized carbons (Fsp3) is 0.519. The van der Waals surface area contributed by atoms with Gasteiger partial charge in [0.05, 0.1) is 12.0 Å². The second-order valence-corrected chi connectivity index (χ2v) is 10.2. The largest absolute Gasteiger partial charge is 0.367 e. The first-order chi connectivity index (χ1) is 17.0. The lowest BCUT2D eigenvalue weighted by molar-refractivity contribution is -0.152. The number of carbonyl (C=O) groups is 3. The van der Waals surface area contributed by atoms with E-state index in [1.807, 2.05) is 70.2 Å². The normalized spacial score (nSPS) is 14.2. The van der Waals surface area contributed by atoms with E-state index in [0.717, 1.165) is 16.3 Å². The summed E-state index contributed by atoms with van der Waals surface area (Å²) in [5.41, 5.74) is 4.17. The second kappa shape index (κ2) is 13.3. The van der Waals surface area contributed by atoms with Crippen LogP contribution in [0, 0.1) is 11.3 Å². The summed E-state index contributed by atoms with van der Waals surface area (Å²) in [6.45, 7) is 11.1. The fourth-order valence-corrected chi connectivity index (χ4v) is 3.80. The molecule has 0 fully saturated rings. The van der Waals surface area contributed by atoms with Gasteiger partial charge >= 0.3 is 0 Å². The van der Waals surface area contributed by atoms with Crippen molar-refractivity contribution >= 4 is 28.5 Å². The monoisotopic (exact) mass is 501 g/mol. The number of nitrogens with one attached hydrogen (secondary N) is 3. The van der Waals surface area contributed by atoms with Crippen molar-refractivity contribution in [3.05, 3.63) is 48.0 Å². The van der Waals surface area contributed by atoms with Crippen LogP contribution in [-0.2, 0) is 30.4 Å². The molecule has 3 atom stereocenters. The van der Waals surface area contributed by atoms with Crippen LogP contribution in [0.4, 0.5) is 0 Å². The summed E-state index contributed by atoms with van der Waals surface area (Å²) >= 11 is 0. The van der Waals surface area contributed by atoms with E-state index in [1.54, 1.807) is 19.3 Å². The maximum atomic E-state index is 13.7. The molecule has 0 aliphatic heterocycles. The first-order valence-corrected chi connectivity index (χ1v) is 12.3. The second-order valence-electron chi connectivity index (χ2n) is 10.2. The van der Waals surface area contributed by atoms with Crippen molar-refractivity contribution < 1.29 is 29.2 Å². The SMILES string of the molecule is CCCO[C@H](C(=O)NO)[C@@H](Cc1ccc2ccccc2c1)C(=O)N[C@H](C(=O)NOC(C)C)C(C)(C)C. The number of amides is 3. The van der Waals surface area contributed by atoms with Gasteiger partial charge in [-0.2, -0.15) is 0 Å². The summed E-state index contributed by atoms with van der Waals surface area (Å²) in [5, 5.41) is 14.2. The number of hydrogen-bond donors (Lipinski definition) is 4. The van der Waals surface area contributed by atoms with Gasteiger partial charge in [0.1, 0.15) is 12.1 Å². The van der Waals surface area contributed by atoms with E-state index in [0.29, 0.717) is 6.42 Å². The van der Waals surface area contributed by atoms with Gasteiger partial charge in [-0.05, 0) is 48.4 Å². The molecule has 9 nitrogen and oxygen atoms in total. The molecule has 0 aliphatic rings. The zero-order chi connectivity index (χ0) is 26.9. The molecule has 2 rings (SSSR count). The molecule has 0 heterocycles. The van der Waals surface area contributed by atoms with Crippen LogP contribution in [0.2, 0.25) is 0 Å². The topological polar surface area (TPSA) is 126 Å². The van der Waals surface area contributed by atoms with Gasteiger partial charge < -0.3 is 10.1 Å². The van der Waals surface area contributed by atoms with Gasteiger partial charge in [0, 0.05) is 6.61 Å². The van der Waals surface area contributed by atoms with Gasteiger partial charge in [0.2, 0.25) is 5.91 Å². The summed E-state index contributed by atoms with van der Waals surface area (Å²) in [6, 6.07) is 12.7. The highest BCUT2D eigenvalue weighted by Crippen LogP contribution is 2.24. The molecule has 0 radical (unpaired) electrons. The van der Waals surface area contributed by atoms with Crippen LogP contribution in [0.3, 0.4) is 0 Å². The van der Waals surface area contributed by atoms with Gasteiger partial charge in [-0.25, -0.2) is 11.0 Å². The summed E-state index contributed by atoms with van der Waals surface area (Å²) < 4.78 is 5.74.